The number of carboxylic acid groups (broad SMARTS) is 1. The van der Waals surface area contributed by atoms with E-state index in [1.54, 1.807) is 29.1 Å². The van der Waals surface area contributed by atoms with Gasteiger partial charge in [0.05, 0.1) is 6.42 Å². The Morgan fingerprint density at radius 2 is 1.82 bits per heavy atom. The van der Waals surface area contributed by atoms with Crippen LogP contribution in [0.1, 0.15) is 12.2 Å². The van der Waals surface area contributed by atoms with Crippen molar-refractivity contribution in [3.05, 3.63) is 77.8 Å². The molecule has 0 radical (unpaired) electrons. The largest absolute Gasteiger partial charge is 0.481 e. The summed E-state index contributed by atoms with van der Waals surface area (Å²) < 4.78 is 7.72. The lowest BCUT2D eigenvalue weighted by Gasteiger charge is -2.03. The monoisotopic (exact) mass is 393 g/mol. The molecule has 28 heavy (non-hydrogen) atoms. The third kappa shape index (κ3) is 3.68. The summed E-state index contributed by atoms with van der Waals surface area (Å²) in [5.74, 6) is 0.300. The van der Waals surface area contributed by atoms with Crippen LogP contribution in [0.25, 0.3) is 28.7 Å². The fourth-order valence-corrected chi connectivity index (χ4v) is 3.05. The first kappa shape index (κ1) is 18.0. The van der Waals surface area contributed by atoms with Gasteiger partial charge in [-0.15, -0.1) is 0 Å². The molecule has 0 saturated carbocycles. The number of halogens is 1. The average Bonchev–Trinajstić information content (AvgIpc) is 3.35. The van der Waals surface area contributed by atoms with Gasteiger partial charge in [0, 0.05) is 35.0 Å². The van der Waals surface area contributed by atoms with Crippen LogP contribution in [0.3, 0.4) is 0 Å². The van der Waals surface area contributed by atoms with Gasteiger partial charge in [-0.1, -0.05) is 54.1 Å². The number of oxazole rings is 1. The van der Waals surface area contributed by atoms with Crippen LogP contribution in [-0.2, 0) is 11.2 Å². The van der Waals surface area contributed by atoms with Gasteiger partial charge >= 0.3 is 12.0 Å². The Hall–Kier alpha value is -3.38. The second-order valence-electron chi connectivity index (χ2n) is 6.16. The zero-order valence-corrected chi connectivity index (χ0v) is 15.5. The normalized spacial score (nSPS) is 10.9. The molecular weight excluding hydrogens is 378 g/mol. The van der Waals surface area contributed by atoms with E-state index < -0.39 is 5.97 Å². The lowest BCUT2D eigenvalue weighted by Crippen LogP contribution is -1.97. The summed E-state index contributed by atoms with van der Waals surface area (Å²) in [4.78, 5) is 20.1. The van der Waals surface area contributed by atoms with Crippen LogP contribution in [0.2, 0.25) is 5.02 Å². The molecule has 0 amide bonds. The number of benzene rings is 2. The highest BCUT2D eigenvalue weighted by atomic mass is 35.5. The molecule has 1 N–H and O–H groups in total. The highest BCUT2D eigenvalue weighted by Gasteiger charge is 2.19. The fraction of sp³-hybridized carbons (Fsp3) is 0.0952. The second-order valence-corrected chi connectivity index (χ2v) is 6.59. The first-order valence-electron chi connectivity index (χ1n) is 8.68. The van der Waals surface area contributed by atoms with Gasteiger partial charge in [-0.3, -0.25) is 9.36 Å². The Morgan fingerprint density at radius 3 is 2.54 bits per heavy atom. The Labute approximate surface area is 166 Å². The van der Waals surface area contributed by atoms with E-state index in [1.165, 1.54) is 0 Å². The van der Waals surface area contributed by atoms with E-state index in [2.05, 4.69) is 9.97 Å². The summed E-state index contributed by atoms with van der Waals surface area (Å²) in [7, 11) is 0. The van der Waals surface area contributed by atoms with E-state index in [4.69, 9.17) is 21.1 Å². The Balaban J connectivity index is 1.79. The van der Waals surface area contributed by atoms with Crippen LogP contribution in [0.15, 0.2) is 71.4 Å². The molecule has 6 nitrogen and oxygen atoms in total. The minimum absolute atomic E-state index is 0.0509. The second kappa shape index (κ2) is 7.70. The Bertz CT molecular complexity index is 1100. The van der Waals surface area contributed by atoms with Gasteiger partial charge in [0.2, 0.25) is 0 Å². The molecule has 2 aromatic carbocycles. The molecule has 2 aromatic heterocycles. The van der Waals surface area contributed by atoms with Gasteiger partial charge in [-0.05, 0) is 12.1 Å². The summed E-state index contributed by atoms with van der Waals surface area (Å²) in [5.41, 5.74) is 2.33. The van der Waals surface area contributed by atoms with Crippen molar-refractivity contribution in [1.82, 2.24) is 14.5 Å². The van der Waals surface area contributed by atoms with Crippen LogP contribution >= 0.6 is 11.6 Å². The van der Waals surface area contributed by atoms with Gasteiger partial charge in [-0.25, -0.2) is 4.98 Å². The van der Waals surface area contributed by atoms with Gasteiger partial charge in [0.1, 0.15) is 17.3 Å². The molecule has 0 unspecified atom stereocenters. The molecule has 0 aliphatic rings. The summed E-state index contributed by atoms with van der Waals surface area (Å²) in [6, 6.07) is 17.2. The third-order valence-corrected chi connectivity index (χ3v) is 4.50. The number of aliphatic carboxylic acids is 1. The summed E-state index contributed by atoms with van der Waals surface area (Å²) in [6.45, 7) is 0. The molecule has 4 rings (SSSR count). The van der Waals surface area contributed by atoms with Gasteiger partial charge < -0.3 is 9.52 Å². The standard InChI is InChI=1S/C21H16ClN3O3/c22-16-8-6-14(7-9-16)19-17(10-11-18(26)27)28-21(24-19)25-13-12-23-20(25)15-4-2-1-3-5-15/h1-9,12-13H,10-11H2,(H,26,27). The molecule has 0 aliphatic heterocycles. The van der Waals surface area contributed by atoms with Crippen LogP contribution in [-0.4, -0.2) is 25.6 Å². The molecule has 0 atom stereocenters. The average molecular weight is 394 g/mol. The predicted molar refractivity (Wildman–Crippen MR) is 105 cm³/mol. The number of aromatic nitrogens is 3. The zero-order chi connectivity index (χ0) is 19.5. The predicted octanol–water partition coefficient (Wildman–Crippen LogP) is 4.86. The van der Waals surface area contributed by atoms with E-state index in [0.717, 1.165) is 11.1 Å². The first-order valence-corrected chi connectivity index (χ1v) is 9.06. The number of carboxylic acids is 1. The number of imidazole rings is 1. The van der Waals surface area contributed by atoms with Crippen molar-refractivity contribution in [2.24, 2.45) is 0 Å². The van der Waals surface area contributed by atoms with Crippen LogP contribution < -0.4 is 0 Å². The van der Waals surface area contributed by atoms with E-state index in [9.17, 15) is 4.79 Å². The molecule has 7 heteroatoms. The maximum Gasteiger partial charge on any atom is 0.308 e. The SMILES string of the molecule is O=C(O)CCc1oc(-n2ccnc2-c2ccccc2)nc1-c1ccc(Cl)cc1. The third-order valence-electron chi connectivity index (χ3n) is 4.25. The quantitative estimate of drug-likeness (QED) is 0.505. The molecule has 140 valence electrons. The van der Waals surface area contributed by atoms with Crippen molar-refractivity contribution < 1.29 is 14.3 Å². The van der Waals surface area contributed by atoms with Gasteiger partial charge in [0.25, 0.3) is 0 Å². The van der Waals surface area contributed by atoms with Crippen molar-refractivity contribution in [1.29, 1.82) is 0 Å². The number of nitrogens with zero attached hydrogens (tertiary/aromatic N) is 3. The first-order chi connectivity index (χ1) is 13.6. The number of carbonyl (C=O) groups is 1. The number of aryl methyl sites for hydroxylation is 1. The van der Waals surface area contributed by atoms with Crippen molar-refractivity contribution in [3.8, 4) is 28.7 Å². The van der Waals surface area contributed by atoms with Crippen LogP contribution in [0.4, 0.5) is 0 Å². The Morgan fingerprint density at radius 1 is 1.07 bits per heavy atom. The summed E-state index contributed by atoms with van der Waals surface area (Å²) in [5, 5.41) is 9.67. The van der Waals surface area contributed by atoms with Gasteiger partial charge in [-0.2, -0.15) is 4.98 Å². The van der Waals surface area contributed by atoms with Crippen LogP contribution in [0, 0.1) is 0 Å². The van der Waals surface area contributed by atoms with Gasteiger partial charge in [0.15, 0.2) is 0 Å². The minimum atomic E-state index is -0.896. The Kier molecular flexibility index (Phi) is 4.95. The molecule has 2 heterocycles. The minimum Gasteiger partial charge on any atom is -0.481 e. The molecule has 0 spiro atoms. The smallest absolute Gasteiger partial charge is 0.308 e. The topological polar surface area (TPSA) is 81.1 Å². The molecule has 0 saturated heterocycles. The van der Waals surface area contributed by atoms with E-state index in [-0.39, 0.29) is 12.8 Å². The highest BCUT2D eigenvalue weighted by Crippen LogP contribution is 2.29. The zero-order valence-electron chi connectivity index (χ0n) is 14.7. The number of rotatable bonds is 6. The summed E-state index contributed by atoms with van der Waals surface area (Å²) >= 11 is 5.98. The summed E-state index contributed by atoms with van der Waals surface area (Å²) in [6.07, 6.45) is 3.62. The molecular formula is C21H16ClN3O3. The fourth-order valence-electron chi connectivity index (χ4n) is 2.92. The van der Waals surface area contributed by atoms with E-state index in [0.29, 0.717) is 28.3 Å². The van der Waals surface area contributed by atoms with Crippen molar-refractivity contribution in [2.45, 2.75) is 12.8 Å². The van der Waals surface area contributed by atoms with E-state index in [1.807, 2.05) is 42.5 Å². The maximum atomic E-state index is 11.0. The van der Waals surface area contributed by atoms with Crippen molar-refractivity contribution in [2.75, 3.05) is 0 Å². The lowest BCUT2D eigenvalue weighted by molar-refractivity contribution is -0.137. The number of hydrogen-bond acceptors (Lipinski definition) is 4. The number of hydrogen-bond donors (Lipinski definition) is 1. The molecule has 0 bridgehead atoms. The van der Waals surface area contributed by atoms with Crippen molar-refractivity contribution in [3.63, 3.8) is 0 Å². The van der Waals surface area contributed by atoms with Crippen molar-refractivity contribution >= 4 is 17.6 Å². The maximum absolute atomic E-state index is 11.0. The molecule has 0 aliphatic carbocycles. The molecule has 4 aromatic rings. The lowest BCUT2D eigenvalue weighted by atomic mass is 10.1. The highest BCUT2D eigenvalue weighted by molar-refractivity contribution is 6.30. The van der Waals surface area contributed by atoms with Crippen LogP contribution in [0.5, 0.6) is 0 Å². The van der Waals surface area contributed by atoms with E-state index >= 15 is 0 Å². The molecule has 0 fully saturated rings.